The zero-order valence-corrected chi connectivity index (χ0v) is 13.9. The molecule has 8 heteroatoms. The second kappa shape index (κ2) is 7.38. The van der Waals surface area contributed by atoms with Gasteiger partial charge in [0.15, 0.2) is 17.5 Å². The predicted octanol–water partition coefficient (Wildman–Crippen LogP) is 6.04. The van der Waals surface area contributed by atoms with Gasteiger partial charge >= 0.3 is 6.18 Å². The molecule has 0 spiro atoms. The summed E-state index contributed by atoms with van der Waals surface area (Å²) in [7, 11) is 0. The molecule has 2 nitrogen and oxygen atoms in total. The minimum atomic E-state index is -4.50. The van der Waals surface area contributed by atoms with E-state index in [4.69, 9.17) is 0 Å². The molecule has 28 heavy (non-hydrogen) atoms. The van der Waals surface area contributed by atoms with Crippen molar-refractivity contribution in [3.05, 3.63) is 89.2 Å². The first kappa shape index (κ1) is 19.5. The smallest absolute Gasteiger partial charge is 0.319 e. The lowest BCUT2D eigenvalue weighted by atomic mass is 9.98. The molecule has 3 aromatic rings. The molecule has 0 saturated carbocycles. The number of benzene rings is 3. The van der Waals surface area contributed by atoms with Crippen LogP contribution in [0.15, 0.2) is 60.7 Å². The molecule has 1 amide bonds. The highest BCUT2D eigenvalue weighted by Crippen LogP contribution is 2.32. The molecule has 0 aliphatic rings. The van der Waals surface area contributed by atoms with Crippen molar-refractivity contribution in [1.29, 1.82) is 0 Å². The minimum Gasteiger partial charge on any atom is -0.319 e. The highest BCUT2D eigenvalue weighted by molar-refractivity contribution is 6.08. The Labute approximate surface area is 155 Å². The van der Waals surface area contributed by atoms with Crippen LogP contribution in [0.5, 0.6) is 0 Å². The molecule has 3 rings (SSSR count). The SMILES string of the molecule is O=C(Nc1ccc(F)c(F)c1F)c1ccccc1-c1ccc(C(F)(F)F)cc1. The summed E-state index contributed by atoms with van der Waals surface area (Å²) >= 11 is 0. The van der Waals surface area contributed by atoms with Gasteiger partial charge in [-0.05, 0) is 41.5 Å². The predicted molar refractivity (Wildman–Crippen MR) is 91.1 cm³/mol. The monoisotopic (exact) mass is 395 g/mol. The summed E-state index contributed by atoms with van der Waals surface area (Å²) in [6.07, 6.45) is -4.50. The van der Waals surface area contributed by atoms with Crippen LogP contribution >= 0.6 is 0 Å². The Bertz CT molecular complexity index is 1030. The van der Waals surface area contributed by atoms with Gasteiger partial charge in [0.2, 0.25) is 0 Å². The van der Waals surface area contributed by atoms with E-state index >= 15 is 0 Å². The summed E-state index contributed by atoms with van der Waals surface area (Å²) in [5.74, 6) is -5.52. The number of anilines is 1. The van der Waals surface area contributed by atoms with Gasteiger partial charge in [0.1, 0.15) is 0 Å². The van der Waals surface area contributed by atoms with Crippen molar-refractivity contribution >= 4 is 11.6 Å². The number of carbonyl (C=O) groups excluding carboxylic acids is 1. The van der Waals surface area contributed by atoms with E-state index in [-0.39, 0.29) is 11.1 Å². The van der Waals surface area contributed by atoms with Gasteiger partial charge < -0.3 is 5.32 Å². The Kier molecular flexibility index (Phi) is 5.13. The van der Waals surface area contributed by atoms with E-state index in [2.05, 4.69) is 5.32 Å². The topological polar surface area (TPSA) is 29.1 Å². The summed E-state index contributed by atoms with van der Waals surface area (Å²) in [6, 6.07) is 11.6. The van der Waals surface area contributed by atoms with Crippen LogP contribution in [0.1, 0.15) is 15.9 Å². The lowest BCUT2D eigenvalue weighted by Crippen LogP contribution is -2.15. The van der Waals surface area contributed by atoms with Crippen LogP contribution in [-0.2, 0) is 6.18 Å². The first-order valence-corrected chi connectivity index (χ1v) is 7.90. The van der Waals surface area contributed by atoms with Crippen molar-refractivity contribution in [2.75, 3.05) is 5.32 Å². The van der Waals surface area contributed by atoms with Crippen LogP contribution in [0, 0.1) is 17.5 Å². The Hall–Kier alpha value is -3.29. The van der Waals surface area contributed by atoms with E-state index in [0.717, 1.165) is 18.2 Å². The fraction of sp³-hybridized carbons (Fsp3) is 0.0500. The number of alkyl halides is 3. The fourth-order valence-electron chi connectivity index (χ4n) is 2.58. The normalized spacial score (nSPS) is 11.4. The zero-order valence-electron chi connectivity index (χ0n) is 13.9. The maximum absolute atomic E-state index is 13.8. The highest BCUT2D eigenvalue weighted by Gasteiger charge is 2.30. The van der Waals surface area contributed by atoms with Gasteiger partial charge in [-0.25, -0.2) is 13.2 Å². The molecule has 0 fully saturated rings. The second-order valence-corrected chi connectivity index (χ2v) is 5.80. The maximum atomic E-state index is 13.8. The first-order valence-electron chi connectivity index (χ1n) is 7.90. The van der Waals surface area contributed by atoms with Crippen molar-refractivity contribution in [2.24, 2.45) is 0 Å². The average Bonchev–Trinajstić information content (AvgIpc) is 2.68. The molecule has 1 N–H and O–H groups in total. The van der Waals surface area contributed by atoms with Gasteiger partial charge in [0.05, 0.1) is 11.3 Å². The van der Waals surface area contributed by atoms with Gasteiger partial charge in [-0.3, -0.25) is 4.79 Å². The molecule has 3 aromatic carbocycles. The van der Waals surface area contributed by atoms with E-state index < -0.39 is 40.8 Å². The summed E-state index contributed by atoms with van der Waals surface area (Å²) in [5, 5.41) is 2.14. The van der Waals surface area contributed by atoms with E-state index in [1.165, 1.54) is 30.3 Å². The summed E-state index contributed by atoms with van der Waals surface area (Å²) in [4.78, 5) is 12.5. The molecule has 0 aliphatic heterocycles. The summed E-state index contributed by atoms with van der Waals surface area (Å²) in [6.45, 7) is 0. The molecular formula is C20H11F6NO. The molecule has 0 atom stereocenters. The molecule has 0 saturated heterocycles. The number of carbonyl (C=O) groups is 1. The van der Waals surface area contributed by atoms with E-state index in [0.29, 0.717) is 11.6 Å². The molecule has 0 unspecified atom stereocenters. The number of hydrogen-bond donors (Lipinski definition) is 1. The lowest BCUT2D eigenvalue weighted by Gasteiger charge is -2.12. The standard InChI is InChI=1S/C20H11F6NO/c21-15-9-10-16(18(23)17(15)22)27-19(28)14-4-2-1-3-13(14)11-5-7-12(8-6-11)20(24,25)26/h1-10H,(H,27,28). The van der Waals surface area contributed by atoms with Crippen LogP contribution in [0.4, 0.5) is 32.0 Å². The van der Waals surface area contributed by atoms with E-state index in [9.17, 15) is 31.1 Å². The third-order valence-electron chi connectivity index (χ3n) is 3.98. The van der Waals surface area contributed by atoms with Crippen LogP contribution in [0.2, 0.25) is 0 Å². The number of amides is 1. The van der Waals surface area contributed by atoms with Gasteiger partial charge in [-0.1, -0.05) is 30.3 Å². The molecule has 0 heterocycles. The van der Waals surface area contributed by atoms with Crippen LogP contribution < -0.4 is 5.32 Å². The molecule has 0 aromatic heterocycles. The maximum Gasteiger partial charge on any atom is 0.416 e. The van der Waals surface area contributed by atoms with Crippen molar-refractivity contribution < 1.29 is 31.1 Å². The van der Waals surface area contributed by atoms with Gasteiger partial charge in [-0.15, -0.1) is 0 Å². The van der Waals surface area contributed by atoms with Crippen molar-refractivity contribution in [2.45, 2.75) is 6.18 Å². The van der Waals surface area contributed by atoms with E-state index in [1.54, 1.807) is 6.07 Å². The molecular weight excluding hydrogens is 384 g/mol. The molecule has 0 aliphatic carbocycles. The zero-order chi connectivity index (χ0) is 20.5. The van der Waals surface area contributed by atoms with Gasteiger partial charge in [-0.2, -0.15) is 13.2 Å². The lowest BCUT2D eigenvalue weighted by molar-refractivity contribution is -0.137. The van der Waals surface area contributed by atoms with Crippen molar-refractivity contribution in [1.82, 2.24) is 0 Å². The average molecular weight is 395 g/mol. The Morgan fingerprint density at radius 3 is 2.07 bits per heavy atom. The number of halogens is 6. The molecule has 144 valence electrons. The number of rotatable bonds is 3. The number of hydrogen-bond acceptors (Lipinski definition) is 1. The quantitative estimate of drug-likeness (QED) is 0.425. The third-order valence-corrected chi connectivity index (χ3v) is 3.98. The van der Waals surface area contributed by atoms with Crippen LogP contribution in [0.25, 0.3) is 11.1 Å². The van der Waals surface area contributed by atoms with E-state index in [1.807, 2.05) is 0 Å². The fourth-order valence-corrected chi connectivity index (χ4v) is 2.58. The molecule has 0 radical (unpaired) electrons. The Morgan fingerprint density at radius 2 is 1.43 bits per heavy atom. The third kappa shape index (κ3) is 3.85. The van der Waals surface area contributed by atoms with Crippen LogP contribution in [-0.4, -0.2) is 5.91 Å². The van der Waals surface area contributed by atoms with Crippen molar-refractivity contribution in [3.63, 3.8) is 0 Å². The van der Waals surface area contributed by atoms with Crippen LogP contribution in [0.3, 0.4) is 0 Å². The number of nitrogens with one attached hydrogen (secondary N) is 1. The second-order valence-electron chi connectivity index (χ2n) is 5.80. The van der Waals surface area contributed by atoms with Gasteiger partial charge in [0.25, 0.3) is 5.91 Å². The minimum absolute atomic E-state index is 0.0198. The Balaban J connectivity index is 1.94. The first-order chi connectivity index (χ1) is 13.2. The summed E-state index contributed by atoms with van der Waals surface area (Å²) < 4.78 is 78.3. The van der Waals surface area contributed by atoms with Gasteiger partial charge in [0, 0.05) is 5.56 Å². The van der Waals surface area contributed by atoms with Crippen molar-refractivity contribution in [3.8, 4) is 11.1 Å². The summed E-state index contributed by atoms with van der Waals surface area (Å²) in [5.41, 5.74) is -0.777. The largest absolute Gasteiger partial charge is 0.416 e. The highest BCUT2D eigenvalue weighted by atomic mass is 19.4. The Morgan fingerprint density at radius 1 is 0.786 bits per heavy atom. The molecule has 0 bridgehead atoms.